The van der Waals surface area contributed by atoms with Gasteiger partial charge in [0.05, 0.1) is 30.9 Å². The van der Waals surface area contributed by atoms with Crippen molar-refractivity contribution in [1.82, 2.24) is 19.7 Å². The second-order valence-corrected chi connectivity index (χ2v) is 10.5. The van der Waals surface area contributed by atoms with E-state index in [1.165, 1.54) is 0 Å². The van der Waals surface area contributed by atoms with Crippen molar-refractivity contribution in [3.63, 3.8) is 0 Å². The van der Waals surface area contributed by atoms with Crippen LogP contribution in [0.5, 0.6) is 5.75 Å². The van der Waals surface area contributed by atoms with Crippen molar-refractivity contribution in [3.8, 4) is 17.0 Å². The van der Waals surface area contributed by atoms with Crippen molar-refractivity contribution in [2.45, 2.75) is 45.3 Å². The number of likely N-dealkylation sites (tertiary alicyclic amines) is 1. The normalized spacial score (nSPS) is 14.4. The molecule has 3 heterocycles. The molecule has 0 spiro atoms. The van der Waals surface area contributed by atoms with Gasteiger partial charge in [0.15, 0.2) is 5.78 Å². The van der Waals surface area contributed by atoms with E-state index in [0.29, 0.717) is 53.5 Å². The molecule has 0 aliphatic carbocycles. The van der Waals surface area contributed by atoms with Gasteiger partial charge in [0.25, 0.3) is 5.91 Å². The Labute approximate surface area is 235 Å². The number of alkyl halides is 3. The van der Waals surface area contributed by atoms with Crippen molar-refractivity contribution >= 4 is 22.6 Å². The number of ether oxygens (including phenoxy) is 1. The molecule has 0 bridgehead atoms. The molecule has 0 N–H and O–H groups in total. The van der Waals surface area contributed by atoms with Crippen LogP contribution >= 0.6 is 0 Å². The van der Waals surface area contributed by atoms with Crippen LogP contribution in [0.1, 0.15) is 52.0 Å². The van der Waals surface area contributed by atoms with Crippen LogP contribution in [0, 0.1) is 12.8 Å². The van der Waals surface area contributed by atoms with E-state index in [1.54, 1.807) is 32.4 Å². The minimum absolute atomic E-state index is 0.000798. The molecule has 1 saturated heterocycles. The third-order valence-corrected chi connectivity index (χ3v) is 7.69. The maximum Gasteiger partial charge on any atom is 0.389 e. The number of rotatable bonds is 8. The highest BCUT2D eigenvalue weighted by atomic mass is 19.4. The standard InChI is InChI=1S/C31H31F3N4O3/c1-20-25(29(39)11-14-31(32,33)34)8-10-28-26(20)19-38(36-28)18-21-12-15-37(16-13-21)30(40)23-5-3-22(4-6-23)27-9-7-24(41-2)17-35-27/h3-10,17,19,21H,11-16,18H2,1-2H3. The Morgan fingerprint density at radius 1 is 1.02 bits per heavy atom. The summed E-state index contributed by atoms with van der Waals surface area (Å²) in [6.07, 6.45) is -0.874. The highest BCUT2D eigenvalue weighted by Gasteiger charge is 2.29. The molecule has 0 saturated carbocycles. The van der Waals surface area contributed by atoms with E-state index in [1.807, 2.05) is 52.2 Å². The number of benzene rings is 2. The summed E-state index contributed by atoms with van der Waals surface area (Å²) in [6.45, 7) is 3.70. The van der Waals surface area contributed by atoms with E-state index in [2.05, 4.69) is 10.1 Å². The van der Waals surface area contributed by atoms with E-state index >= 15 is 0 Å². The number of aromatic nitrogens is 3. The van der Waals surface area contributed by atoms with Gasteiger partial charge in [-0.3, -0.25) is 19.3 Å². The van der Waals surface area contributed by atoms with Crippen LogP contribution in [0.4, 0.5) is 13.2 Å². The Hall–Kier alpha value is -4.21. The highest BCUT2D eigenvalue weighted by molar-refractivity contribution is 6.01. The fourth-order valence-electron chi connectivity index (χ4n) is 5.29. The summed E-state index contributed by atoms with van der Waals surface area (Å²) in [5.41, 5.74) is 4.02. The topological polar surface area (TPSA) is 77.3 Å². The Balaban J connectivity index is 1.17. The zero-order chi connectivity index (χ0) is 29.1. The predicted molar refractivity (Wildman–Crippen MR) is 149 cm³/mol. The smallest absolute Gasteiger partial charge is 0.389 e. The fraction of sp³-hybridized carbons (Fsp3) is 0.355. The first kappa shape index (κ1) is 28.3. The molecular formula is C31H31F3N4O3. The quantitative estimate of drug-likeness (QED) is 0.229. The van der Waals surface area contributed by atoms with Gasteiger partial charge in [-0.15, -0.1) is 0 Å². The van der Waals surface area contributed by atoms with Gasteiger partial charge in [-0.25, -0.2) is 0 Å². The third kappa shape index (κ3) is 6.58. The second-order valence-electron chi connectivity index (χ2n) is 10.5. The summed E-state index contributed by atoms with van der Waals surface area (Å²) in [5.74, 6) is 0.494. The van der Waals surface area contributed by atoms with Crippen molar-refractivity contribution in [2.24, 2.45) is 5.92 Å². The number of aryl methyl sites for hydroxylation is 1. The van der Waals surface area contributed by atoms with Gasteiger partial charge in [-0.2, -0.15) is 18.3 Å². The molecule has 0 unspecified atom stereocenters. The molecule has 2 aromatic heterocycles. The van der Waals surface area contributed by atoms with Crippen LogP contribution in [-0.4, -0.2) is 57.7 Å². The molecule has 7 nitrogen and oxygen atoms in total. The number of halogens is 3. The number of amides is 1. The number of ketones is 1. The Morgan fingerprint density at radius 3 is 2.39 bits per heavy atom. The van der Waals surface area contributed by atoms with Crippen molar-refractivity contribution < 1.29 is 27.5 Å². The van der Waals surface area contributed by atoms with Crippen molar-refractivity contribution in [1.29, 1.82) is 0 Å². The van der Waals surface area contributed by atoms with Crippen molar-refractivity contribution in [3.05, 3.63) is 77.6 Å². The van der Waals surface area contributed by atoms with Crippen LogP contribution in [0.25, 0.3) is 22.2 Å². The van der Waals surface area contributed by atoms with Gasteiger partial charge in [0.2, 0.25) is 0 Å². The molecule has 2 aromatic carbocycles. The van der Waals surface area contributed by atoms with Gasteiger partial charge >= 0.3 is 6.18 Å². The SMILES string of the molecule is COc1ccc(-c2ccc(C(=O)N3CCC(Cn4cc5c(C)c(C(=O)CCC(F)(F)F)ccc5n4)CC3)cc2)nc1. The second kappa shape index (κ2) is 11.7. The number of pyridine rings is 1. The van der Waals surface area contributed by atoms with E-state index in [-0.39, 0.29) is 5.91 Å². The van der Waals surface area contributed by atoms with Crippen molar-refractivity contribution in [2.75, 3.05) is 20.2 Å². The van der Waals surface area contributed by atoms with Gasteiger partial charge in [-0.1, -0.05) is 12.1 Å². The Morgan fingerprint density at radius 2 is 1.76 bits per heavy atom. The van der Waals surface area contributed by atoms with Crippen LogP contribution < -0.4 is 4.74 Å². The maximum atomic E-state index is 13.1. The number of fused-ring (bicyclic) bond motifs is 1. The molecule has 1 aliphatic heterocycles. The molecule has 10 heteroatoms. The molecule has 214 valence electrons. The lowest BCUT2D eigenvalue weighted by atomic mass is 9.96. The minimum atomic E-state index is -4.36. The fourth-order valence-corrected chi connectivity index (χ4v) is 5.29. The van der Waals surface area contributed by atoms with Crippen LogP contribution in [0.15, 0.2) is 60.9 Å². The molecule has 0 radical (unpaired) electrons. The lowest BCUT2D eigenvalue weighted by Gasteiger charge is -2.32. The average molecular weight is 565 g/mol. The average Bonchev–Trinajstić information content (AvgIpc) is 3.39. The number of methoxy groups -OCH3 is 1. The number of hydrogen-bond donors (Lipinski definition) is 0. The zero-order valence-corrected chi connectivity index (χ0v) is 22.9. The lowest BCUT2D eigenvalue weighted by molar-refractivity contribution is -0.133. The molecule has 1 aliphatic rings. The molecular weight excluding hydrogens is 533 g/mol. The molecule has 4 aromatic rings. The molecule has 0 atom stereocenters. The third-order valence-electron chi connectivity index (χ3n) is 7.69. The number of piperidine rings is 1. The number of carbonyl (C=O) groups excluding carboxylic acids is 2. The summed E-state index contributed by atoms with van der Waals surface area (Å²) >= 11 is 0. The Bertz CT molecular complexity index is 1540. The number of carbonyl (C=O) groups is 2. The van der Waals surface area contributed by atoms with E-state index in [0.717, 1.165) is 29.5 Å². The predicted octanol–water partition coefficient (Wildman–Crippen LogP) is 6.49. The van der Waals surface area contributed by atoms with E-state index in [4.69, 9.17) is 4.74 Å². The van der Waals surface area contributed by atoms with E-state index in [9.17, 15) is 22.8 Å². The summed E-state index contributed by atoms with van der Waals surface area (Å²) in [5, 5.41) is 5.40. The summed E-state index contributed by atoms with van der Waals surface area (Å²) < 4.78 is 44.7. The zero-order valence-electron chi connectivity index (χ0n) is 22.9. The van der Waals surface area contributed by atoms with Crippen LogP contribution in [0.2, 0.25) is 0 Å². The number of nitrogens with zero attached hydrogens (tertiary/aromatic N) is 4. The minimum Gasteiger partial charge on any atom is -0.495 e. The van der Waals surface area contributed by atoms with E-state index < -0.39 is 24.8 Å². The van der Waals surface area contributed by atoms with Gasteiger partial charge in [0.1, 0.15) is 5.75 Å². The highest BCUT2D eigenvalue weighted by Crippen LogP contribution is 2.28. The summed E-state index contributed by atoms with van der Waals surface area (Å²) in [6, 6.07) is 14.4. The van der Waals surface area contributed by atoms with Gasteiger partial charge in [-0.05, 0) is 67.6 Å². The molecule has 41 heavy (non-hydrogen) atoms. The molecule has 1 amide bonds. The van der Waals surface area contributed by atoms with Crippen LogP contribution in [-0.2, 0) is 6.54 Å². The first-order chi connectivity index (χ1) is 19.6. The van der Waals surface area contributed by atoms with Gasteiger partial charge < -0.3 is 9.64 Å². The van der Waals surface area contributed by atoms with Crippen LogP contribution in [0.3, 0.4) is 0 Å². The lowest BCUT2D eigenvalue weighted by Crippen LogP contribution is -2.39. The summed E-state index contributed by atoms with van der Waals surface area (Å²) in [7, 11) is 1.59. The molecule has 5 rings (SSSR count). The number of hydrogen-bond acceptors (Lipinski definition) is 5. The molecule has 1 fully saturated rings. The largest absolute Gasteiger partial charge is 0.495 e. The Kier molecular flexibility index (Phi) is 8.10. The summed E-state index contributed by atoms with van der Waals surface area (Å²) in [4.78, 5) is 31.8. The first-order valence-corrected chi connectivity index (χ1v) is 13.6. The maximum absolute atomic E-state index is 13.1. The number of Topliss-reactive ketones (excluding diaryl/α,β-unsaturated/α-hetero) is 1. The monoisotopic (exact) mass is 564 g/mol. The first-order valence-electron chi connectivity index (χ1n) is 13.6. The van der Waals surface area contributed by atoms with Gasteiger partial charge in [0, 0.05) is 54.3 Å².